The number of hydrogen-bond acceptors (Lipinski definition) is 4. The summed E-state index contributed by atoms with van der Waals surface area (Å²) in [5.41, 5.74) is 0.801. The molecule has 2 heterocycles. The van der Waals surface area contributed by atoms with Gasteiger partial charge in [-0.05, 0) is 24.6 Å². The molecular weight excluding hydrogens is 245 g/mol. The van der Waals surface area contributed by atoms with E-state index in [1.807, 2.05) is 13.8 Å². The Kier molecular flexibility index (Phi) is 3.57. The molecule has 0 aliphatic heterocycles. The fourth-order valence-electron chi connectivity index (χ4n) is 1.61. The molecule has 0 aromatic carbocycles. The largest absolute Gasteiger partial charge is 0.395 e. The van der Waals surface area contributed by atoms with E-state index < -0.39 is 11.2 Å². The molecular formula is C14H16FN3O. The lowest BCUT2D eigenvalue weighted by Gasteiger charge is -2.19. The Morgan fingerprint density at radius 2 is 2.05 bits per heavy atom. The van der Waals surface area contributed by atoms with Gasteiger partial charge in [-0.2, -0.15) is 0 Å². The van der Waals surface area contributed by atoms with Crippen molar-refractivity contribution >= 4 is 0 Å². The SMILES string of the molecule is Cc1cnc(-c2ccnc(C(C)(C)CO)n2)c(F)c1. The van der Waals surface area contributed by atoms with Gasteiger partial charge in [-0.25, -0.2) is 14.4 Å². The first kappa shape index (κ1) is 13.5. The Hall–Kier alpha value is -1.88. The molecule has 4 nitrogen and oxygen atoms in total. The van der Waals surface area contributed by atoms with Crippen molar-refractivity contribution in [2.24, 2.45) is 0 Å². The van der Waals surface area contributed by atoms with Crippen LogP contribution in [-0.2, 0) is 5.41 Å². The third-order valence-electron chi connectivity index (χ3n) is 2.88. The number of aromatic nitrogens is 3. The molecule has 2 aromatic rings. The maximum Gasteiger partial charge on any atom is 0.151 e. The quantitative estimate of drug-likeness (QED) is 0.920. The van der Waals surface area contributed by atoms with Gasteiger partial charge in [-0.3, -0.25) is 4.98 Å². The number of aryl methyl sites for hydroxylation is 1. The number of pyridine rings is 1. The van der Waals surface area contributed by atoms with Gasteiger partial charge in [0.1, 0.15) is 11.5 Å². The van der Waals surface area contributed by atoms with Gasteiger partial charge in [0.2, 0.25) is 0 Å². The molecule has 0 aliphatic rings. The first-order valence-corrected chi connectivity index (χ1v) is 6.01. The molecule has 0 aliphatic carbocycles. The molecule has 0 saturated heterocycles. The van der Waals surface area contributed by atoms with Crippen molar-refractivity contribution in [2.75, 3.05) is 6.61 Å². The van der Waals surface area contributed by atoms with Crippen molar-refractivity contribution in [3.05, 3.63) is 41.7 Å². The predicted molar refractivity (Wildman–Crippen MR) is 70.1 cm³/mol. The Labute approximate surface area is 111 Å². The van der Waals surface area contributed by atoms with E-state index >= 15 is 0 Å². The molecule has 2 aromatic heterocycles. The molecule has 2 rings (SSSR count). The van der Waals surface area contributed by atoms with Crippen LogP contribution in [0.1, 0.15) is 25.2 Å². The molecule has 0 saturated carbocycles. The summed E-state index contributed by atoms with van der Waals surface area (Å²) in [4.78, 5) is 12.5. The van der Waals surface area contributed by atoms with Crippen LogP contribution >= 0.6 is 0 Å². The second-order valence-corrected chi connectivity index (χ2v) is 5.15. The molecule has 1 N–H and O–H groups in total. The lowest BCUT2D eigenvalue weighted by Crippen LogP contribution is -2.25. The number of rotatable bonds is 3. The van der Waals surface area contributed by atoms with Gasteiger partial charge in [0.25, 0.3) is 0 Å². The Morgan fingerprint density at radius 1 is 1.32 bits per heavy atom. The molecule has 5 heteroatoms. The van der Waals surface area contributed by atoms with Crippen LogP contribution in [0.5, 0.6) is 0 Å². The summed E-state index contributed by atoms with van der Waals surface area (Å²) in [6.45, 7) is 5.34. The third kappa shape index (κ3) is 2.76. The van der Waals surface area contributed by atoms with Crippen molar-refractivity contribution in [3.8, 4) is 11.4 Å². The molecule has 0 bridgehead atoms. The van der Waals surface area contributed by atoms with E-state index in [-0.39, 0.29) is 12.3 Å². The van der Waals surface area contributed by atoms with Gasteiger partial charge in [-0.15, -0.1) is 0 Å². The monoisotopic (exact) mass is 261 g/mol. The average molecular weight is 261 g/mol. The number of halogens is 1. The zero-order valence-electron chi connectivity index (χ0n) is 11.2. The first-order chi connectivity index (χ1) is 8.94. The van der Waals surface area contributed by atoms with Crippen LogP contribution in [0.25, 0.3) is 11.4 Å². The molecule has 0 fully saturated rings. The Morgan fingerprint density at radius 3 is 2.68 bits per heavy atom. The summed E-state index contributed by atoms with van der Waals surface area (Å²) >= 11 is 0. The number of aliphatic hydroxyl groups excluding tert-OH is 1. The van der Waals surface area contributed by atoms with E-state index in [4.69, 9.17) is 0 Å². The van der Waals surface area contributed by atoms with Crippen LogP contribution in [0.2, 0.25) is 0 Å². The van der Waals surface area contributed by atoms with Crippen molar-refractivity contribution in [2.45, 2.75) is 26.2 Å². The van der Waals surface area contributed by atoms with Gasteiger partial charge >= 0.3 is 0 Å². The lowest BCUT2D eigenvalue weighted by molar-refractivity contribution is 0.212. The average Bonchev–Trinajstić information content (AvgIpc) is 2.39. The molecule has 0 atom stereocenters. The summed E-state index contributed by atoms with van der Waals surface area (Å²) in [7, 11) is 0. The fraction of sp³-hybridized carbons (Fsp3) is 0.357. The van der Waals surface area contributed by atoms with Crippen LogP contribution < -0.4 is 0 Å². The van der Waals surface area contributed by atoms with E-state index in [0.29, 0.717) is 11.5 Å². The predicted octanol–water partition coefficient (Wildman–Crippen LogP) is 2.26. The van der Waals surface area contributed by atoms with E-state index in [2.05, 4.69) is 15.0 Å². The van der Waals surface area contributed by atoms with E-state index in [0.717, 1.165) is 5.56 Å². The number of hydrogen-bond donors (Lipinski definition) is 1. The highest BCUT2D eigenvalue weighted by atomic mass is 19.1. The normalized spacial score (nSPS) is 11.6. The molecule has 0 spiro atoms. The molecule has 0 radical (unpaired) electrons. The first-order valence-electron chi connectivity index (χ1n) is 6.01. The second kappa shape index (κ2) is 5.01. The van der Waals surface area contributed by atoms with E-state index in [9.17, 15) is 9.50 Å². The van der Waals surface area contributed by atoms with Gasteiger partial charge in [0.15, 0.2) is 5.82 Å². The van der Waals surface area contributed by atoms with Crippen molar-refractivity contribution in [3.63, 3.8) is 0 Å². The molecule has 19 heavy (non-hydrogen) atoms. The van der Waals surface area contributed by atoms with Crippen LogP contribution in [0.3, 0.4) is 0 Å². The highest BCUT2D eigenvalue weighted by molar-refractivity contribution is 5.54. The Bertz CT molecular complexity index is 599. The summed E-state index contributed by atoms with van der Waals surface area (Å²) in [6, 6.07) is 3.03. The summed E-state index contributed by atoms with van der Waals surface area (Å²) < 4.78 is 13.9. The van der Waals surface area contributed by atoms with Crippen molar-refractivity contribution < 1.29 is 9.50 Å². The minimum absolute atomic E-state index is 0.0831. The standard InChI is InChI=1S/C14H16FN3O/c1-9-6-10(15)12(17-7-9)11-4-5-16-13(18-11)14(2,3)8-19/h4-7,19H,8H2,1-3H3. The van der Waals surface area contributed by atoms with Crippen LogP contribution in [0.15, 0.2) is 24.5 Å². The Balaban J connectivity index is 2.49. The number of aliphatic hydroxyl groups is 1. The van der Waals surface area contributed by atoms with Gasteiger partial charge in [-0.1, -0.05) is 13.8 Å². The van der Waals surface area contributed by atoms with Crippen molar-refractivity contribution in [1.82, 2.24) is 15.0 Å². The second-order valence-electron chi connectivity index (χ2n) is 5.15. The molecule has 0 amide bonds. The molecule has 0 unspecified atom stereocenters. The minimum atomic E-state index is -0.572. The van der Waals surface area contributed by atoms with Crippen LogP contribution in [0.4, 0.5) is 4.39 Å². The molecule has 100 valence electrons. The minimum Gasteiger partial charge on any atom is -0.395 e. The summed E-state index contributed by atoms with van der Waals surface area (Å²) in [5, 5.41) is 9.33. The lowest BCUT2D eigenvalue weighted by atomic mass is 9.93. The van der Waals surface area contributed by atoms with Gasteiger partial charge in [0.05, 0.1) is 12.3 Å². The maximum absolute atomic E-state index is 13.9. The maximum atomic E-state index is 13.9. The summed E-state index contributed by atoms with van der Waals surface area (Å²) in [6.07, 6.45) is 3.15. The van der Waals surface area contributed by atoms with E-state index in [1.54, 1.807) is 25.4 Å². The van der Waals surface area contributed by atoms with Gasteiger partial charge in [0, 0.05) is 17.8 Å². The van der Waals surface area contributed by atoms with Crippen molar-refractivity contribution in [1.29, 1.82) is 0 Å². The fourth-order valence-corrected chi connectivity index (χ4v) is 1.61. The number of nitrogens with zero attached hydrogens (tertiary/aromatic N) is 3. The zero-order valence-corrected chi connectivity index (χ0v) is 11.2. The topological polar surface area (TPSA) is 58.9 Å². The third-order valence-corrected chi connectivity index (χ3v) is 2.88. The highest BCUT2D eigenvalue weighted by Gasteiger charge is 2.23. The smallest absolute Gasteiger partial charge is 0.151 e. The highest BCUT2D eigenvalue weighted by Crippen LogP contribution is 2.23. The summed E-state index contributed by atoms with van der Waals surface area (Å²) in [5.74, 6) is 0.0562. The zero-order chi connectivity index (χ0) is 14.0. The van der Waals surface area contributed by atoms with Gasteiger partial charge < -0.3 is 5.11 Å². The van der Waals surface area contributed by atoms with E-state index in [1.165, 1.54) is 6.07 Å². The van der Waals surface area contributed by atoms with Crippen LogP contribution in [-0.4, -0.2) is 26.7 Å². The van der Waals surface area contributed by atoms with Crippen LogP contribution in [0, 0.1) is 12.7 Å².